The molecule has 120 valence electrons. The highest BCUT2D eigenvalue weighted by atomic mass is 16.5. The molecule has 0 aliphatic carbocycles. The number of carbonyl (C=O) groups is 1. The average molecular weight is 315 g/mol. The highest BCUT2D eigenvalue weighted by Gasteiger charge is 2.27. The normalized spacial score (nSPS) is 17.6. The molecule has 1 amide bonds. The van der Waals surface area contributed by atoms with Gasteiger partial charge in [0, 0.05) is 19.0 Å². The second kappa shape index (κ2) is 6.95. The van der Waals surface area contributed by atoms with Gasteiger partial charge in [-0.3, -0.25) is 9.78 Å². The fourth-order valence-electron chi connectivity index (χ4n) is 2.33. The summed E-state index contributed by atoms with van der Waals surface area (Å²) in [6.45, 7) is 1.16. The number of hydrogen-bond donors (Lipinski definition) is 0. The van der Waals surface area contributed by atoms with Crippen LogP contribution in [0.1, 0.15) is 12.2 Å². The van der Waals surface area contributed by atoms with Crippen LogP contribution in [0.15, 0.2) is 41.3 Å². The number of ether oxygens (including phenoxy) is 2. The second-order valence-electron chi connectivity index (χ2n) is 5.06. The molecule has 0 N–H and O–H groups in total. The van der Waals surface area contributed by atoms with E-state index in [1.807, 2.05) is 0 Å². The van der Waals surface area contributed by atoms with Gasteiger partial charge in [0.15, 0.2) is 0 Å². The fourth-order valence-corrected chi connectivity index (χ4v) is 2.33. The van der Waals surface area contributed by atoms with E-state index in [0.29, 0.717) is 30.6 Å². The molecular weight excluding hydrogens is 298 g/mol. The Morgan fingerprint density at radius 1 is 1.43 bits per heavy atom. The van der Waals surface area contributed by atoms with Gasteiger partial charge in [-0.15, -0.1) is 0 Å². The van der Waals surface area contributed by atoms with Crippen molar-refractivity contribution in [2.45, 2.75) is 12.5 Å². The van der Waals surface area contributed by atoms with Crippen molar-refractivity contribution in [2.75, 3.05) is 20.2 Å². The van der Waals surface area contributed by atoms with Gasteiger partial charge in [0.05, 0.1) is 32.3 Å². The summed E-state index contributed by atoms with van der Waals surface area (Å²) < 4.78 is 15.9. The van der Waals surface area contributed by atoms with Gasteiger partial charge in [0.25, 0.3) is 0 Å². The van der Waals surface area contributed by atoms with Gasteiger partial charge in [-0.25, -0.2) is 0 Å². The second-order valence-corrected chi connectivity index (χ2v) is 5.06. The van der Waals surface area contributed by atoms with E-state index in [-0.39, 0.29) is 12.0 Å². The number of aromatic nitrogens is 2. The molecule has 1 saturated heterocycles. The largest absolute Gasteiger partial charge is 0.480 e. The van der Waals surface area contributed by atoms with E-state index in [9.17, 15) is 4.79 Å². The maximum absolute atomic E-state index is 12.1. The topological polar surface area (TPSA) is 77.7 Å². The SMILES string of the molecule is COc1cncc(OC2CCN(C(=O)/C=C/c3ccco3)C2)n1. The summed E-state index contributed by atoms with van der Waals surface area (Å²) in [5.74, 6) is 1.38. The summed E-state index contributed by atoms with van der Waals surface area (Å²) in [7, 11) is 1.52. The Hall–Kier alpha value is -2.83. The highest BCUT2D eigenvalue weighted by Crippen LogP contribution is 2.18. The first-order valence-corrected chi connectivity index (χ1v) is 7.28. The first-order valence-electron chi connectivity index (χ1n) is 7.28. The number of hydrogen-bond acceptors (Lipinski definition) is 6. The van der Waals surface area contributed by atoms with Crippen LogP contribution >= 0.6 is 0 Å². The Balaban J connectivity index is 1.54. The zero-order chi connectivity index (χ0) is 16.1. The molecule has 0 aromatic carbocycles. The Kier molecular flexibility index (Phi) is 4.56. The minimum atomic E-state index is -0.0997. The minimum absolute atomic E-state index is 0.0655. The standard InChI is InChI=1S/C16H17N3O4/c1-21-14-9-17-10-15(18-14)23-13-6-7-19(11-13)16(20)5-4-12-3-2-8-22-12/h2-5,8-10,13H,6-7,11H2,1H3/b5-4+. The summed E-state index contributed by atoms with van der Waals surface area (Å²) in [6, 6.07) is 3.57. The number of amides is 1. The summed E-state index contributed by atoms with van der Waals surface area (Å²) in [5.41, 5.74) is 0. The number of nitrogens with zero attached hydrogens (tertiary/aromatic N) is 3. The molecule has 3 rings (SSSR count). The molecule has 7 heteroatoms. The van der Waals surface area contributed by atoms with Crippen molar-refractivity contribution in [1.82, 2.24) is 14.9 Å². The number of carbonyl (C=O) groups excluding carboxylic acids is 1. The van der Waals surface area contributed by atoms with Crippen molar-refractivity contribution in [3.05, 3.63) is 42.6 Å². The van der Waals surface area contributed by atoms with Crippen LogP contribution in [0.5, 0.6) is 11.8 Å². The molecule has 1 aliphatic rings. The van der Waals surface area contributed by atoms with Gasteiger partial charge in [-0.2, -0.15) is 4.98 Å². The number of methoxy groups -OCH3 is 1. The number of furan rings is 1. The van der Waals surface area contributed by atoms with Crippen molar-refractivity contribution < 1.29 is 18.7 Å². The molecular formula is C16H17N3O4. The maximum atomic E-state index is 12.1. The molecule has 1 unspecified atom stereocenters. The monoisotopic (exact) mass is 315 g/mol. The van der Waals surface area contributed by atoms with Crippen molar-refractivity contribution in [2.24, 2.45) is 0 Å². The third-order valence-electron chi connectivity index (χ3n) is 3.48. The lowest BCUT2D eigenvalue weighted by atomic mass is 10.3. The molecule has 0 spiro atoms. The molecule has 0 radical (unpaired) electrons. The Morgan fingerprint density at radius 3 is 3.09 bits per heavy atom. The zero-order valence-corrected chi connectivity index (χ0v) is 12.7. The van der Waals surface area contributed by atoms with Crippen LogP contribution in [0.3, 0.4) is 0 Å². The molecule has 7 nitrogen and oxygen atoms in total. The molecule has 1 aliphatic heterocycles. The van der Waals surface area contributed by atoms with Crippen molar-refractivity contribution in [1.29, 1.82) is 0 Å². The van der Waals surface area contributed by atoms with Gasteiger partial charge in [-0.05, 0) is 18.2 Å². The molecule has 2 aromatic heterocycles. The first kappa shape index (κ1) is 15.1. The Morgan fingerprint density at radius 2 is 2.30 bits per heavy atom. The molecule has 3 heterocycles. The lowest BCUT2D eigenvalue weighted by Crippen LogP contribution is -2.29. The van der Waals surface area contributed by atoms with E-state index in [4.69, 9.17) is 13.9 Å². The Labute approximate surface area is 133 Å². The van der Waals surface area contributed by atoms with Gasteiger partial charge < -0.3 is 18.8 Å². The van der Waals surface area contributed by atoms with E-state index < -0.39 is 0 Å². The summed E-state index contributed by atoms with van der Waals surface area (Å²) in [4.78, 5) is 22.0. The van der Waals surface area contributed by atoms with E-state index in [2.05, 4.69) is 9.97 Å². The van der Waals surface area contributed by atoms with Crippen molar-refractivity contribution >= 4 is 12.0 Å². The highest BCUT2D eigenvalue weighted by molar-refractivity contribution is 5.91. The lowest BCUT2D eigenvalue weighted by molar-refractivity contribution is -0.125. The quantitative estimate of drug-likeness (QED) is 0.783. The molecule has 1 fully saturated rings. The average Bonchev–Trinajstić information content (AvgIpc) is 3.24. The third-order valence-corrected chi connectivity index (χ3v) is 3.48. The molecule has 0 bridgehead atoms. The van der Waals surface area contributed by atoms with Gasteiger partial charge >= 0.3 is 0 Å². The lowest BCUT2D eigenvalue weighted by Gasteiger charge is -2.15. The van der Waals surface area contributed by atoms with E-state index >= 15 is 0 Å². The van der Waals surface area contributed by atoms with E-state index in [1.165, 1.54) is 25.6 Å². The smallest absolute Gasteiger partial charge is 0.246 e. The van der Waals surface area contributed by atoms with Gasteiger partial charge in [-0.1, -0.05) is 0 Å². The van der Waals surface area contributed by atoms with Crippen LogP contribution in [0.4, 0.5) is 0 Å². The predicted octanol–water partition coefficient (Wildman–Crippen LogP) is 1.77. The molecule has 1 atom stereocenters. The Bertz CT molecular complexity index is 684. The van der Waals surface area contributed by atoms with E-state index in [0.717, 1.165) is 6.42 Å². The molecule has 23 heavy (non-hydrogen) atoms. The van der Waals surface area contributed by atoms with Gasteiger partial charge in [0.1, 0.15) is 11.9 Å². The zero-order valence-electron chi connectivity index (χ0n) is 12.7. The van der Waals surface area contributed by atoms with Gasteiger partial charge in [0.2, 0.25) is 17.7 Å². The van der Waals surface area contributed by atoms with Crippen molar-refractivity contribution in [3.8, 4) is 11.8 Å². The predicted molar refractivity (Wildman–Crippen MR) is 81.9 cm³/mol. The number of likely N-dealkylation sites (tertiary alicyclic amines) is 1. The maximum Gasteiger partial charge on any atom is 0.246 e. The van der Waals surface area contributed by atoms with Crippen LogP contribution in [-0.2, 0) is 4.79 Å². The van der Waals surface area contributed by atoms with Crippen molar-refractivity contribution in [3.63, 3.8) is 0 Å². The number of rotatable bonds is 5. The molecule has 2 aromatic rings. The minimum Gasteiger partial charge on any atom is -0.480 e. The summed E-state index contributed by atoms with van der Waals surface area (Å²) in [5, 5.41) is 0. The van der Waals surface area contributed by atoms with Crippen LogP contribution in [0.25, 0.3) is 6.08 Å². The van der Waals surface area contributed by atoms with Crippen LogP contribution < -0.4 is 9.47 Å². The summed E-state index contributed by atoms with van der Waals surface area (Å²) in [6.07, 6.45) is 8.42. The third kappa shape index (κ3) is 3.88. The van der Waals surface area contributed by atoms with Crippen LogP contribution in [-0.4, -0.2) is 47.1 Å². The first-order chi connectivity index (χ1) is 11.2. The summed E-state index contributed by atoms with van der Waals surface area (Å²) >= 11 is 0. The van der Waals surface area contributed by atoms with Crippen LogP contribution in [0.2, 0.25) is 0 Å². The van der Waals surface area contributed by atoms with Crippen LogP contribution in [0, 0.1) is 0 Å². The van der Waals surface area contributed by atoms with E-state index in [1.54, 1.807) is 29.4 Å². The fraction of sp³-hybridized carbons (Fsp3) is 0.312. The molecule has 0 saturated carbocycles.